The van der Waals surface area contributed by atoms with Crippen LogP contribution in [0.4, 0.5) is 0 Å². The smallest absolute Gasteiger partial charge is 0.242 e. The minimum absolute atomic E-state index is 0.0863. The molecule has 1 rings (SSSR count). The van der Waals surface area contributed by atoms with Gasteiger partial charge in [-0.15, -0.1) is 23.5 Å². The standard InChI is InChI=1S/C29H47BN6O8S2/c1-18(26(41)32-17-45-14-7-5-6-10-22(30)37)34-28(43)20(3)35-27(42)19(2)33-24(39)12-9-15-46-21-16-25(40)36(29(21)44)13-8-11-23(38)31-4/h18-21H,5-17H2,1-4H3,(H,31,38)(H,32,41)(H,33,39)(H,34,43)(H,35,42). The fraction of sp³-hybridized carbons (Fsp3) is 0.724. The molecule has 14 nitrogen and oxygen atoms in total. The van der Waals surface area contributed by atoms with Gasteiger partial charge in [0, 0.05) is 32.9 Å². The summed E-state index contributed by atoms with van der Waals surface area (Å²) in [6.07, 6.45) is 4.11. The molecular weight excluding hydrogens is 635 g/mol. The van der Waals surface area contributed by atoms with Crippen LogP contribution in [0, 0.1) is 0 Å². The summed E-state index contributed by atoms with van der Waals surface area (Å²) in [6.45, 7) is 4.68. The van der Waals surface area contributed by atoms with E-state index in [1.54, 1.807) is 0 Å². The van der Waals surface area contributed by atoms with Crippen LogP contribution in [-0.2, 0) is 38.4 Å². The molecule has 0 aliphatic carbocycles. The molecular formula is C29H47BN6O8S2. The van der Waals surface area contributed by atoms with E-state index in [1.807, 2.05) is 0 Å². The van der Waals surface area contributed by atoms with Gasteiger partial charge in [0.15, 0.2) is 7.85 Å². The summed E-state index contributed by atoms with van der Waals surface area (Å²) in [5.41, 5.74) is -0.314. The number of amides is 7. The number of hydrogen-bond acceptors (Lipinski definition) is 10. The van der Waals surface area contributed by atoms with Gasteiger partial charge in [0.25, 0.3) is 0 Å². The van der Waals surface area contributed by atoms with Gasteiger partial charge in [0.1, 0.15) is 18.1 Å². The maximum atomic E-state index is 12.5. The highest BCUT2D eigenvalue weighted by molar-refractivity contribution is 8.00. The molecule has 1 fully saturated rings. The highest BCUT2D eigenvalue weighted by atomic mass is 32.2. The topological polar surface area (TPSA) is 200 Å². The molecule has 0 aromatic heterocycles. The van der Waals surface area contributed by atoms with E-state index in [9.17, 15) is 38.4 Å². The Kier molecular flexibility index (Phi) is 20.0. The van der Waals surface area contributed by atoms with Crippen molar-refractivity contribution in [2.24, 2.45) is 0 Å². The molecule has 0 spiro atoms. The van der Waals surface area contributed by atoms with Crippen LogP contribution in [0.25, 0.3) is 0 Å². The maximum absolute atomic E-state index is 12.5. The van der Waals surface area contributed by atoms with Crippen molar-refractivity contribution >= 4 is 78.4 Å². The van der Waals surface area contributed by atoms with Crippen molar-refractivity contribution < 1.29 is 38.4 Å². The summed E-state index contributed by atoms with van der Waals surface area (Å²) in [6, 6.07) is -2.70. The second kappa shape index (κ2) is 22.5. The SMILES string of the molecule is [B]C(=O)CCCCCSCNC(=O)C(C)NC(=O)C(C)NC(=O)C(C)NC(=O)CCCSC1CC(=O)N(CCCC(=O)NC)C1=O. The molecule has 1 heterocycles. The zero-order valence-corrected chi connectivity index (χ0v) is 28.7. The Balaban J connectivity index is 2.26. The zero-order chi connectivity index (χ0) is 34.6. The van der Waals surface area contributed by atoms with Crippen LogP contribution in [0.2, 0.25) is 0 Å². The number of carbonyl (C=O) groups is 8. The van der Waals surface area contributed by atoms with E-state index in [-0.39, 0.29) is 61.0 Å². The van der Waals surface area contributed by atoms with Gasteiger partial charge in [-0.05, 0) is 64.4 Å². The second-order valence-corrected chi connectivity index (χ2v) is 13.4. The van der Waals surface area contributed by atoms with E-state index in [0.717, 1.165) is 25.0 Å². The van der Waals surface area contributed by atoms with Crippen molar-refractivity contribution in [3.05, 3.63) is 0 Å². The molecule has 1 aliphatic rings. The lowest BCUT2D eigenvalue weighted by molar-refractivity contribution is -0.138. The van der Waals surface area contributed by atoms with E-state index in [1.165, 1.54) is 56.2 Å². The lowest BCUT2D eigenvalue weighted by Gasteiger charge is -2.20. The largest absolute Gasteiger partial charge is 0.359 e. The number of nitrogens with one attached hydrogen (secondary N) is 5. The quantitative estimate of drug-likeness (QED) is 0.0414. The number of hydrogen-bond donors (Lipinski definition) is 5. The van der Waals surface area contributed by atoms with E-state index in [0.29, 0.717) is 30.9 Å². The van der Waals surface area contributed by atoms with E-state index < -0.39 is 35.2 Å². The van der Waals surface area contributed by atoms with Gasteiger partial charge in [-0.2, -0.15) is 0 Å². The molecule has 1 aliphatic heterocycles. The molecule has 0 saturated carbocycles. The van der Waals surface area contributed by atoms with Crippen molar-refractivity contribution in [3.8, 4) is 0 Å². The highest BCUT2D eigenvalue weighted by Gasteiger charge is 2.38. The molecule has 0 aromatic rings. The average molecular weight is 683 g/mol. The molecule has 4 atom stereocenters. The molecule has 4 unspecified atom stereocenters. The predicted molar refractivity (Wildman–Crippen MR) is 178 cm³/mol. The Bertz CT molecular complexity index is 1100. The van der Waals surface area contributed by atoms with Crippen LogP contribution < -0.4 is 26.6 Å². The van der Waals surface area contributed by atoms with Gasteiger partial charge in [0.2, 0.25) is 41.4 Å². The average Bonchev–Trinajstić information content (AvgIpc) is 3.27. The normalized spacial score (nSPS) is 16.3. The lowest BCUT2D eigenvalue weighted by Crippen LogP contribution is -2.54. The fourth-order valence-corrected chi connectivity index (χ4v) is 6.14. The van der Waals surface area contributed by atoms with Gasteiger partial charge in [0.05, 0.1) is 16.8 Å². The third-order valence-electron chi connectivity index (χ3n) is 6.97. The van der Waals surface area contributed by atoms with Crippen LogP contribution in [-0.4, -0.2) is 114 Å². The lowest BCUT2D eigenvalue weighted by atomic mass is 9.97. The van der Waals surface area contributed by atoms with Crippen molar-refractivity contribution in [1.82, 2.24) is 31.5 Å². The fourth-order valence-electron chi connectivity index (χ4n) is 4.21. The summed E-state index contributed by atoms with van der Waals surface area (Å²) in [7, 11) is 6.63. The third-order valence-corrected chi connectivity index (χ3v) is 9.19. The Morgan fingerprint density at radius 2 is 1.39 bits per heavy atom. The minimum atomic E-state index is -0.955. The molecule has 7 amide bonds. The summed E-state index contributed by atoms with van der Waals surface area (Å²) in [5, 5.41) is 12.4. The van der Waals surface area contributed by atoms with Crippen LogP contribution >= 0.6 is 23.5 Å². The number of rotatable bonds is 23. The number of carbonyl (C=O) groups excluding carboxylic acids is 8. The summed E-state index contributed by atoms with van der Waals surface area (Å²) < 4.78 is 0. The first-order chi connectivity index (χ1) is 21.8. The molecule has 256 valence electrons. The Labute approximate surface area is 280 Å². The monoisotopic (exact) mass is 682 g/mol. The number of unbranched alkanes of at least 4 members (excludes halogenated alkanes) is 2. The number of likely N-dealkylation sites (tertiary alicyclic amines) is 1. The molecule has 2 radical (unpaired) electrons. The molecule has 1 saturated heterocycles. The van der Waals surface area contributed by atoms with Gasteiger partial charge < -0.3 is 31.4 Å². The van der Waals surface area contributed by atoms with E-state index in [4.69, 9.17) is 7.85 Å². The second-order valence-electron chi connectivity index (χ2n) is 10.9. The van der Waals surface area contributed by atoms with Crippen molar-refractivity contribution in [1.29, 1.82) is 0 Å². The van der Waals surface area contributed by atoms with Gasteiger partial charge in [-0.1, -0.05) is 6.42 Å². The Morgan fingerprint density at radius 3 is 2.02 bits per heavy atom. The third kappa shape index (κ3) is 16.5. The Hall–Kier alpha value is -3.08. The van der Waals surface area contributed by atoms with Gasteiger partial charge in [-0.25, -0.2) is 0 Å². The molecule has 0 aromatic carbocycles. The summed E-state index contributed by atoms with van der Waals surface area (Å²) in [5.74, 6) is -0.938. The first-order valence-electron chi connectivity index (χ1n) is 15.5. The highest BCUT2D eigenvalue weighted by Crippen LogP contribution is 2.26. The minimum Gasteiger partial charge on any atom is -0.359 e. The molecule has 17 heteroatoms. The first-order valence-corrected chi connectivity index (χ1v) is 17.7. The summed E-state index contributed by atoms with van der Waals surface area (Å²) >= 11 is 2.82. The molecule has 5 N–H and O–H groups in total. The van der Waals surface area contributed by atoms with Crippen LogP contribution in [0.3, 0.4) is 0 Å². The van der Waals surface area contributed by atoms with Crippen molar-refractivity contribution in [2.75, 3.05) is 31.0 Å². The van der Waals surface area contributed by atoms with Gasteiger partial charge >= 0.3 is 0 Å². The maximum Gasteiger partial charge on any atom is 0.242 e. The summed E-state index contributed by atoms with van der Waals surface area (Å²) in [4.78, 5) is 97.7. The number of imide groups is 1. The molecule has 46 heavy (non-hydrogen) atoms. The molecule has 0 bridgehead atoms. The predicted octanol–water partition coefficient (Wildman–Crippen LogP) is -0.270. The van der Waals surface area contributed by atoms with Crippen molar-refractivity contribution in [3.63, 3.8) is 0 Å². The zero-order valence-electron chi connectivity index (χ0n) is 27.1. The van der Waals surface area contributed by atoms with Crippen LogP contribution in [0.15, 0.2) is 0 Å². The van der Waals surface area contributed by atoms with Gasteiger partial charge in [-0.3, -0.25) is 38.5 Å². The van der Waals surface area contributed by atoms with Crippen LogP contribution in [0.1, 0.15) is 78.6 Å². The van der Waals surface area contributed by atoms with Crippen molar-refractivity contribution in [2.45, 2.75) is 102 Å². The van der Waals surface area contributed by atoms with E-state index >= 15 is 0 Å². The Morgan fingerprint density at radius 1 is 0.783 bits per heavy atom. The van der Waals surface area contributed by atoms with E-state index in [2.05, 4.69) is 26.6 Å². The van der Waals surface area contributed by atoms with Crippen LogP contribution in [0.5, 0.6) is 0 Å². The number of thioether (sulfide) groups is 2. The number of nitrogens with zero attached hydrogens (tertiary/aromatic N) is 1. The first kappa shape index (κ1) is 40.9.